The zero-order chi connectivity index (χ0) is 13.8. The number of hydrogen-bond donors (Lipinski definition) is 1. The second-order valence-electron chi connectivity index (χ2n) is 5.76. The third kappa shape index (κ3) is 3.70. The number of hydrogen-bond acceptors (Lipinski definition) is 3. The van der Waals surface area contributed by atoms with Crippen LogP contribution < -0.4 is 10.2 Å². The number of nitrogens with zero attached hydrogens (tertiary/aromatic N) is 2. The molecule has 0 aliphatic rings. The molecule has 0 saturated carbocycles. The minimum atomic E-state index is 0.161. The van der Waals surface area contributed by atoms with Crippen LogP contribution in [-0.2, 0) is 6.54 Å². The van der Waals surface area contributed by atoms with Gasteiger partial charge in [0.15, 0.2) is 0 Å². The fraction of sp³-hybridized carbons (Fsp3) is 0.667. The summed E-state index contributed by atoms with van der Waals surface area (Å²) in [6.07, 6.45) is 4.95. The van der Waals surface area contributed by atoms with E-state index in [2.05, 4.69) is 62.9 Å². The summed E-state index contributed by atoms with van der Waals surface area (Å²) in [7, 11) is 2.16. The maximum absolute atomic E-state index is 4.25. The number of pyridine rings is 1. The molecular weight excluding hydrogens is 222 g/mol. The maximum Gasteiger partial charge on any atom is 0.0444 e. The molecule has 0 radical (unpaired) electrons. The zero-order valence-corrected chi connectivity index (χ0v) is 12.6. The lowest BCUT2D eigenvalue weighted by Crippen LogP contribution is -2.41. The highest BCUT2D eigenvalue weighted by Gasteiger charge is 2.23. The molecule has 0 spiro atoms. The van der Waals surface area contributed by atoms with Crippen molar-refractivity contribution in [3.05, 3.63) is 24.0 Å². The Morgan fingerprint density at radius 2 is 2.06 bits per heavy atom. The Morgan fingerprint density at radius 1 is 1.39 bits per heavy atom. The lowest BCUT2D eigenvalue weighted by atomic mass is 9.98. The van der Waals surface area contributed by atoms with E-state index in [1.54, 1.807) is 0 Å². The van der Waals surface area contributed by atoms with Gasteiger partial charge in [-0.3, -0.25) is 4.98 Å². The van der Waals surface area contributed by atoms with Crippen molar-refractivity contribution in [2.45, 2.75) is 59.2 Å². The van der Waals surface area contributed by atoms with Gasteiger partial charge in [0.2, 0.25) is 0 Å². The molecule has 1 aromatic heterocycles. The number of aromatic nitrogens is 1. The van der Waals surface area contributed by atoms with Gasteiger partial charge >= 0.3 is 0 Å². The quantitative estimate of drug-likeness (QED) is 0.839. The molecule has 0 fully saturated rings. The Labute approximate surface area is 112 Å². The normalized spacial score (nSPS) is 11.9. The standard InChI is InChI=1S/C15H27N3/c1-7-15(4,5)18(6)14-8-9-16-10-13(14)11-17-12(2)3/h8-10,12,17H,7,11H2,1-6H3. The average Bonchev–Trinajstić information content (AvgIpc) is 2.35. The van der Waals surface area contributed by atoms with Crippen LogP contribution >= 0.6 is 0 Å². The zero-order valence-electron chi connectivity index (χ0n) is 12.6. The highest BCUT2D eigenvalue weighted by molar-refractivity contribution is 5.53. The summed E-state index contributed by atoms with van der Waals surface area (Å²) >= 11 is 0. The SMILES string of the molecule is CCC(C)(C)N(C)c1ccncc1CNC(C)C. The summed E-state index contributed by atoms with van der Waals surface area (Å²) in [6, 6.07) is 2.59. The van der Waals surface area contributed by atoms with Crippen molar-refractivity contribution in [2.24, 2.45) is 0 Å². The molecule has 0 amide bonds. The van der Waals surface area contributed by atoms with E-state index in [-0.39, 0.29) is 5.54 Å². The number of nitrogens with one attached hydrogen (secondary N) is 1. The van der Waals surface area contributed by atoms with Crippen molar-refractivity contribution < 1.29 is 0 Å². The first-order valence-corrected chi connectivity index (χ1v) is 6.78. The van der Waals surface area contributed by atoms with Crippen molar-refractivity contribution in [1.29, 1.82) is 0 Å². The fourth-order valence-electron chi connectivity index (χ4n) is 1.76. The van der Waals surface area contributed by atoms with E-state index in [0.717, 1.165) is 13.0 Å². The molecule has 1 heterocycles. The van der Waals surface area contributed by atoms with Crippen LogP contribution in [0.2, 0.25) is 0 Å². The molecule has 0 aliphatic heterocycles. The van der Waals surface area contributed by atoms with E-state index in [0.29, 0.717) is 6.04 Å². The Hall–Kier alpha value is -1.09. The van der Waals surface area contributed by atoms with Crippen LogP contribution in [0.5, 0.6) is 0 Å². The average molecular weight is 249 g/mol. The first-order valence-electron chi connectivity index (χ1n) is 6.78. The molecule has 3 nitrogen and oxygen atoms in total. The van der Waals surface area contributed by atoms with Crippen LogP contribution in [0, 0.1) is 0 Å². The first kappa shape index (κ1) is 15.0. The molecule has 102 valence electrons. The van der Waals surface area contributed by atoms with Crippen molar-refractivity contribution in [3.8, 4) is 0 Å². The highest BCUT2D eigenvalue weighted by Crippen LogP contribution is 2.27. The van der Waals surface area contributed by atoms with E-state index >= 15 is 0 Å². The molecule has 0 atom stereocenters. The van der Waals surface area contributed by atoms with Gasteiger partial charge < -0.3 is 10.2 Å². The van der Waals surface area contributed by atoms with Gasteiger partial charge in [0.05, 0.1) is 0 Å². The number of anilines is 1. The van der Waals surface area contributed by atoms with Crippen molar-refractivity contribution in [1.82, 2.24) is 10.3 Å². The lowest BCUT2D eigenvalue weighted by molar-refractivity contribution is 0.468. The highest BCUT2D eigenvalue weighted by atomic mass is 15.2. The minimum Gasteiger partial charge on any atom is -0.369 e. The first-order chi connectivity index (χ1) is 8.38. The number of rotatable bonds is 6. The summed E-state index contributed by atoms with van der Waals surface area (Å²) in [5.41, 5.74) is 2.69. The van der Waals surface area contributed by atoms with Gasteiger partial charge in [-0.05, 0) is 26.3 Å². The minimum absolute atomic E-state index is 0.161. The van der Waals surface area contributed by atoms with Gasteiger partial charge in [-0.15, -0.1) is 0 Å². The molecule has 1 N–H and O–H groups in total. The van der Waals surface area contributed by atoms with Crippen molar-refractivity contribution >= 4 is 5.69 Å². The van der Waals surface area contributed by atoms with Gasteiger partial charge in [0.25, 0.3) is 0 Å². The summed E-state index contributed by atoms with van der Waals surface area (Å²) in [5.74, 6) is 0. The van der Waals surface area contributed by atoms with Gasteiger partial charge in [-0.25, -0.2) is 0 Å². The summed E-state index contributed by atoms with van der Waals surface area (Å²) in [6.45, 7) is 12.0. The summed E-state index contributed by atoms with van der Waals surface area (Å²) < 4.78 is 0. The summed E-state index contributed by atoms with van der Waals surface area (Å²) in [5, 5.41) is 3.46. The van der Waals surface area contributed by atoms with Crippen LogP contribution in [-0.4, -0.2) is 23.6 Å². The van der Waals surface area contributed by atoms with E-state index in [1.165, 1.54) is 11.3 Å². The van der Waals surface area contributed by atoms with E-state index in [4.69, 9.17) is 0 Å². The van der Waals surface area contributed by atoms with Crippen molar-refractivity contribution in [2.75, 3.05) is 11.9 Å². The molecule has 0 aromatic carbocycles. The molecule has 3 heteroatoms. The van der Waals surface area contributed by atoms with Crippen LogP contribution in [0.25, 0.3) is 0 Å². The van der Waals surface area contributed by atoms with Gasteiger partial charge in [-0.1, -0.05) is 20.8 Å². The lowest BCUT2D eigenvalue weighted by Gasteiger charge is -2.38. The predicted molar refractivity (Wildman–Crippen MR) is 79.0 cm³/mol. The molecular formula is C15H27N3. The maximum atomic E-state index is 4.25. The monoisotopic (exact) mass is 249 g/mol. The van der Waals surface area contributed by atoms with Gasteiger partial charge in [0.1, 0.15) is 0 Å². The fourth-order valence-corrected chi connectivity index (χ4v) is 1.76. The Balaban J connectivity index is 2.94. The molecule has 0 bridgehead atoms. The topological polar surface area (TPSA) is 28.2 Å². The molecule has 0 aliphatic carbocycles. The van der Waals surface area contributed by atoms with Crippen LogP contribution in [0.1, 0.15) is 46.6 Å². The second kappa shape index (κ2) is 6.19. The van der Waals surface area contributed by atoms with Crippen LogP contribution in [0.15, 0.2) is 18.5 Å². The predicted octanol–water partition coefficient (Wildman–Crippen LogP) is 3.20. The summed E-state index contributed by atoms with van der Waals surface area (Å²) in [4.78, 5) is 6.60. The molecule has 0 saturated heterocycles. The van der Waals surface area contributed by atoms with Crippen molar-refractivity contribution in [3.63, 3.8) is 0 Å². The molecule has 0 unspecified atom stereocenters. The van der Waals surface area contributed by atoms with E-state index in [1.807, 2.05) is 12.4 Å². The Kier molecular flexibility index (Phi) is 5.15. The second-order valence-corrected chi connectivity index (χ2v) is 5.76. The van der Waals surface area contributed by atoms with E-state index in [9.17, 15) is 0 Å². The molecule has 18 heavy (non-hydrogen) atoms. The van der Waals surface area contributed by atoms with Gasteiger partial charge in [0, 0.05) is 48.8 Å². The van der Waals surface area contributed by atoms with Gasteiger partial charge in [-0.2, -0.15) is 0 Å². The molecule has 1 rings (SSSR count). The van der Waals surface area contributed by atoms with Crippen LogP contribution in [0.4, 0.5) is 5.69 Å². The third-order valence-corrected chi connectivity index (χ3v) is 3.71. The molecule has 1 aromatic rings. The van der Waals surface area contributed by atoms with Crippen LogP contribution in [0.3, 0.4) is 0 Å². The third-order valence-electron chi connectivity index (χ3n) is 3.71. The smallest absolute Gasteiger partial charge is 0.0444 e. The van der Waals surface area contributed by atoms with E-state index < -0.39 is 0 Å². The largest absolute Gasteiger partial charge is 0.369 e. The Morgan fingerprint density at radius 3 is 2.61 bits per heavy atom. The Bertz CT molecular complexity index is 372.